The van der Waals surface area contributed by atoms with Gasteiger partial charge in [0.1, 0.15) is 0 Å². The molecule has 2 nitrogen and oxygen atoms in total. The van der Waals surface area contributed by atoms with Gasteiger partial charge in [-0.25, -0.2) is 0 Å². The van der Waals surface area contributed by atoms with E-state index >= 15 is 0 Å². The van der Waals surface area contributed by atoms with Crippen LogP contribution < -0.4 is 0 Å². The second-order valence-corrected chi connectivity index (χ2v) is 2.64. The highest BCUT2D eigenvalue weighted by atomic mass is 19.5. The Morgan fingerprint density at radius 1 is 1.36 bits per heavy atom. The third-order valence-corrected chi connectivity index (χ3v) is 1.23. The number of halogens is 4. The summed E-state index contributed by atoms with van der Waals surface area (Å²) in [7, 11) is -3.98. The van der Waals surface area contributed by atoms with Gasteiger partial charge in [-0.1, -0.05) is 5.92 Å². The van der Waals surface area contributed by atoms with E-state index in [0.717, 1.165) is 6.67 Å². The average Bonchev–Trinajstić information content (AvgIpc) is 2.32. The molecule has 0 spiro atoms. The first kappa shape index (κ1) is 12.7. The van der Waals surface area contributed by atoms with Crippen LogP contribution in [0.15, 0.2) is 12.4 Å². The standard InChI is InChI=1S/C7H10N2.BF4/c1-3-4-9-6-5-8(2)7-9;2-1(3,4)5/h1,5-6H,4,7H2,2H3;/q;-1. The molecule has 0 N–H and O–H groups in total. The average molecular weight is 209 g/mol. The third kappa shape index (κ3) is 8.78. The van der Waals surface area contributed by atoms with Crippen molar-refractivity contribution in [1.29, 1.82) is 0 Å². The molecule has 0 aromatic rings. The Labute approximate surface area is 80.3 Å². The van der Waals surface area contributed by atoms with Gasteiger partial charge in [-0.2, -0.15) is 0 Å². The summed E-state index contributed by atoms with van der Waals surface area (Å²) in [5.74, 6) is 2.58. The number of rotatable bonds is 1. The lowest BCUT2D eigenvalue weighted by Gasteiger charge is -2.14. The summed E-state index contributed by atoms with van der Waals surface area (Å²) >= 11 is 0. The zero-order chi connectivity index (χ0) is 11.2. The molecule has 0 saturated heterocycles. The predicted octanol–water partition coefficient (Wildman–Crippen LogP) is 1.60. The van der Waals surface area contributed by atoms with Gasteiger partial charge in [0.2, 0.25) is 0 Å². The largest absolute Gasteiger partial charge is 0.673 e. The Kier molecular flexibility index (Phi) is 4.91. The van der Waals surface area contributed by atoms with E-state index in [1.54, 1.807) is 0 Å². The molecule has 1 rings (SSSR count). The van der Waals surface area contributed by atoms with Gasteiger partial charge in [-0.05, 0) is 0 Å². The van der Waals surface area contributed by atoms with Crippen LogP contribution in [0.3, 0.4) is 0 Å². The van der Waals surface area contributed by atoms with Crippen LogP contribution in [0.25, 0.3) is 0 Å². The van der Waals surface area contributed by atoms with Crippen LogP contribution in [0.4, 0.5) is 17.3 Å². The lowest BCUT2D eigenvalue weighted by Crippen LogP contribution is -2.22. The Hall–Kier alpha value is -1.32. The van der Waals surface area contributed by atoms with Gasteiger partial charge in [0.15, 0.2) is 0 Å². The summed E-state index contributed by atoms with van der Waals surface area (Å²) in [6, 6.07) is 0. The highest BCUT2D eigenvalue weighted by molar-refractivity contribution is 6.50. The SMILES string of the molecule is C#CCN1C=CN(C)C1.F[B-](F)(F)F. The van der Waals surface area contributed by atoms with Crippen LogP contribution in [0.1, 0.15) is 0 Å². The summed E-state index contributed by atoms with van der Waals surface area (Å²) < 4.78 is 39.0. The fraction of sp³-hybridized carbons (Fsp3) is 0.429. The second kappa shape index (κ2) is 5.42. The molecule has 0 unspecified atom stereocenters. The van der Waals surface area contributed by atoms with E-state index in [0.29, 0.717) is 6.54 Å². The Balaban J connectivity index is 0.000000292. The van der Waals surface area contributed by atoms with Gasteiger partial charge in [0, 0.05) is 19.4 Å². The van der Waals surface area contributed by atoms with E-state index in [4.69, 9.17) is 6.42 Å². The Morgan fingerprint density at radius 3 is 2.14 bits per heavy atom. The van der Waals surface area contributed by atoms with Crippen molar-refractivity contribution in [3.05, 3.63) is 12.4 Å². The first-order valence-electron chi connectivity index (χ1n) is 3.76. The predicted molar refractivity (Wildman–Crippen MR) is 47.5 cm³/mol. The first-order chi connectivity index (χ1) is 6.33. The summed E-state index contributed by atoms with van der Waals surface area (Å²) in [5, 5.41) is 0. The lowest BCUT2D eigenvalue weighted by molar-refractivity contribution is 0.321. The molecule has 0 saturated carbocycles. The maximum Gasteiger partial charge on any atom is 0.673 e. The van der Waals surface area contributed by atoms with Crippen molar-refractivity contribution in [2.24, 2.45) is 0 Å². The molecule has 0 aromatic heterocycles. The van der Waals surface area contributed by atoms with E-state index in [-0.39, 0.29) is 0 Å². The van der Waals surface area contributed by atoms with Crippen LogP contribution in [0.2, 0.25) is 0 Å². The zero-order valence-corrected chi connectivity index (χ0v) is 7.63. The van der Waals surface area contributed by atoms with Gasteiger partial charge in [0.05, 0.1) is 13.2 Å². The summed E-state index contributed by atoms with van der Waals surface area (Å²) in [5.41, 5.74) is 0. The fourth-order valence-electron chi connectivity index (χ4n) is 0.809. The highest BCUT2D eigenvalue weighted by Crippen LogP contribution is 2.06. The molecule has 0 radical (unpaired) electrons. The zero-order valence-electron chi connectivity index (χ0n) is 7.63. The second-order valence-electron chi connectivity index (χ2n) is 2.64. The van der Waals surface area contributed by atoms with E-state index in [1.165, 1.54) is 0 Å². The topological polar surface area (TPSA) is 6.48 Å². The van der Waals surface area contributed by atoms with Crippen molar-refractivity contribution in [3.63, 3.8) is 0 Å². The molecule has 14 heavy (non-hydrogen) atoms. The van der Waals surface area contributed by atoms with Crippen LogP contribution in [0.5, 0.6) is 0 Å². The molecular formula is C7H10BF4N2-. The lowest BCUT2D eigenvalue weighted by atomic mass is 10.3. The minimum absolute atomic E-state index is 0.709. The number of hydrogen-bond donors (Lipinski definition) is 0. The van der Waals surface area contributed by atoms with Crippen molar-refractivity contribution >= 4 is 7.25 Å². The van der Waals surface area contributed by atoms with Crippen LogP contribution in [-0.4, -0.2) is 37.3 Å². The molecule has 1 heterocycles. The van der Waals surface area contributed by atoms with Crippen LogP contribution in [0, 0.1) is 12.3 Å². The highest BCUT2D eigenvalue weighted by Gasteiger charge is 2.20. The van der Waals surface area contributed by atoms with Crippen molar-refractivity contribution in [1.82, 2.24) is 9.80 Å². The molecule has 1 aliphatic heterocycles. The van der Waals surface area contributed by atoms with E-state index in [2.05, 4.69) is 15.7 Å². The summed E-state index contributed by atoms with van der Waals surface area (Å²) in [6.45, 7) is 1.63. The smallest absolute Gasteiger partial charge is 0.418 e. The van der Waals surface area contributed by atoms with Crippen molar-refractivity contribution < 1.29 is 17.3 Å². The number of nitrogens with zero attached hydrogens (tertiary/aromatic N) is 2. The maximum atomic E-state index is 9.75. The number of hydrogen-bond acceptors (Lipinski definition) is 2. The molecule has 0 amide bonds. The normalized spacial score (nSPS) is 14.9. The van der Waals surface area contributed by atoms with Crippen molar-refractivity contribution in [2.45, 2.75) is 0 Å². The Morgan fingerprint density at radius 2 is 1.86 bits per heavy atom. The molecule has 0 aromatic carbocycles. The minimum atomic E-state index is -6.00. The summed E-state index contributed by atoms with van der Waals surface area (Å²) in [6.07, 6.45) is 9.12. The third-order valence-electron chi connectivity index (χ3n) is 1.23. The van der Waals surface area contributed by atoms with Gasteiger partial charge in [0.25, 0.3) is 0 Å². The molecular weight excluding hydrogens is 199 g/mol. The van der Waals surface area contributed by atoms with Crippen molar-refractivity contribution in [2.75, 3.05) is 20.3 Å². The van der Waals surface area contributed by atoms with E-state index < -0.39 is 7.25 Å². The van der Waals surface area contributed by atoms with Gasteiger partial charge < -0.3 is 27.1 Å². The maximum absolute atomic E-state index is 9.75. The molecule has 7 heteroatoms. The Bertz CT molecular complexity index is 227. The van der Waals surface area contributed by atoms with Gasteiger partial charge in [-0.3, -0.25) is 0 Å². The molecule has 0 bridgehead atoms. The minimum Gasteiger partial charge on any atom is -0.418 e. The van der Waals surface area contributed by atoms with Crippen LogP contribution >= 0.6 is 0 Å². The van der Waals surface area contributed by atoms with Crippen molar-refractivity contribution in [3.8, 4) is 12.3 Å². The number of terminal acetylenes is 1. The van der Waals surface area contributed by atoms with E-state index in [9.17, 15) is 17.3 Å². The summed E-state index contributed by atoms with van der Waals surface area (Å²) in [4.78, 5) is 4.15. The van der Waals surface area contributed by atoms with Gasteiger partial charge in [-0.15, -0.1) is 6.42 Å². The molecule has 1 aliphatic rings. The molecule has 0 aliphatic carbocycles. The quantitative estimate of drug-likeness (QED) is 0.367. The fourth-order valence-corrected chi connectivity index (χ4v) is 0.809. The monoisotopic (exact) mass is 209 g/mol. The molecule has 0 fully saturated rings. The molecule has 80 valence electrons. The van der Waals surface area contributed by atoms with Gasteiger partial charge >= 0.3 is 7.25 Å². The molecule has 0 atom stereocenters. The first-order valence-corrected chi connectivity index (χ1v) is 3.76. The van der Waals surface area contributed by atoms with Crippen LogP contribution in [-0.2, 0) is 0 Å². The van der Waals surface area contributed by atoms with E-state index in [1.807, 2.05) is 19.4 Å².